The molecule has 0 saturated heterocycles. The highest BCUT2D eigenvalue weighted by atomic mass is 35.5. The number of nitrogens with two attached hydrogens (primary N) is 1. The number of halogens is 2. The van der Waals surface area contributed by atoms with Crippen molar-refractivity contribution in [2.75, 3.05) is 19.8 Å². The molecule has 10 nitrogen and oxygen atoms in total. The summed E-state index contributed by atoms with van der Waals surface area (Å²) in [4.78, 5) is 42.3. The zero-order valence-corrected chi connectivity index (χ0v) is 27.5. The summed E-state index contributed by atoms with van der Waals surface area (Å²) in [6.45, 7) is 5.58. The molecule has 13 heteroatoms. The van der Waals surface area contributed by atoms with Gasteiger partial charge in [0.25, 0.3) is 5.91 Å². The maximum Gasteiger partial charge on any atom is 0.255 e. The van der Waals surface area contributed by atoms with E-state index < -0.39 is 81.1 Å². The fraction of sp³-hybridized carbons (Fsp3) is 0.406. The Bertz CT molecular complexity index is 1720. The fourth-order valence-corrected chi connectivity index (χ4v) is 8.48. The average molecular weight is 678 g/mol. The van der Waals surface area contributed by atoms with Gasteiger partial charge in [0.15, 0.2) is 11.4 Å². The number of hydrogen-bond acceptors (Lipinski definition) is 10. The largest absolute Gasteiger partial charge is 0.508 e. The molecule has 2 aromatic carbocycles. The minimum absolute atomic E-state index is 0.0503. The second-order valence-electron chi connectivity index (χ2n) is 12.9. The lowest BCUT2D eigenvalue weighted by Crippen LogP contribution is -2.70. The van der Waals surface area contributed by atoms with E-state index in [9.17, 15) is 39.9 Å². The van der Waals surface area contributed by atoms with Crippen LogP contribution in [0.1, 0.15) is 43.4 Å². The number of nitrogens with zero attached hydrogens (tertiary/aromatic N) is 1. The summed E-state index contributed by atoms with van der Waals surface area (Å²) in [7, 11) is 2.92. The molecule has 1 fully saturated rings. The van der Waals surface area contributed by atoms with E-state index in [0.29, 0.717) is 26.1 Å². The molecule has 240 valence electrons. The van der Waals surface area contributed by atoms with Crippen LogP contribution in [0.4, 0.5) is 0 Å². The van der Waals surface area contributed by atoms with E-state index in [2.05, 4.69) is 0 Å². The molecule has 7 N–H and O–H groups in total. The normalized spacial score (nSPS) is 28.3. The number of phenols is 1. The number of primary amides is 1. The van der Waals surface area contributed by atoms with E-state index in [0.717, 1.165) is 0 Å². The molecule has 0 bridgehead atoms. The Kier molecular flexibility index (Phi) is 8.38. The number of benzene rings is 2. The van der Waals surface area contributed by atoms with Gasteiger partial charge in [-0.15, -0.1) is 11.8 Å². The van der Waals surface area contributed by atoms with E-state index in [1.165, 1.54) is 30.8 Å². The molecular weight excluding hydrogens is 643 g/mol. The van der Waals surface area contributed by atoms with Crippen molar-refractivity contribution in [3.63, 3.8) is 0 Å². The van der Waals surface area contributed by atoms with Crippen molar-refractivity contribution in [1.29, 1.82) is 0 Å². The number of likely N-dealkylation sites (N-methyl/N-ethyl adjacent to an activating group) is 1. The van der Waals surface area contributed by atoms with Crippen LogP contribution in [0.25, 0.3) is 5.76 Å². The summed E-state index contributed by atoms with van der Waals surface area (Å²) in [6.07, 6.45) is -1.71. The van der Waals surface area contributed by atoms with Crippen LogP contribution in [0.2, 0.25) is 10.0 Å². The lowest BCUT2D eigenvalue weighted by Gasteiger charge is -2.54. The van der Waals surface area contributed by atoms with Crippen LogP contribution >= 0.6 is 35.0 Å². The summed E-state index contributed by atoms with van der Waals surface area (Å²) in [5, 5.41) is 59.2. The first-order valence-corrected chi connectivity index (χ1v) is 15.9. The van der Waals surface area contributed by atoms with E-state index >= 15 is 0 Å². The zero-order chi connectivity index (χ0) is 33.5. The molecule has 45 heavy (non-hydrogen) atoms. The molecule has 1 amide bonds. The van der Waals surface area contributed by atoms with Gasteiger partial charge in [0, 0.05) is 33.6 Å². The molecule has 0 heterocycles. The van der Waals surface area contributed by atoms with Gasteiger partial charge < -0.3 is 31.3 Å². The van der Waals surface area contributed by atoms with Crippen LogP contribution in [0, 0.1) is 11.8 Å². The number of thioether (sulfide) groups is 1. The molecule has 5 rings (SSSR count). The fourth-order valence-electron chi connectivity index (χ4n) is 6.99. The Balaban J connectivity index is 1.78. The Hall–Kier alpha value is -3.06. The van der Waals surface area contributed by atoms with Crippen LogP contribution in [0.3, 0.4) is 0 Å². The topological polar surface area (TPSA) is 182 Å². The molecule has 0 aliphatic heterocycles. The predicted molar refractivity (Wildman–Crippen MR) is 171 cm³/mol. The molecule has 3 aliphatic rings. The average Bonchev–Trinajstić information content (AvgIpc) is 2.93. The zero-order valence-electron chi connectivity index (χ0n) is 25.1. The lowest BCUT2D eigenvalue weighted by atomic mass is 9.54. The maximum atomic E-state index is 14.5. The molecule has 0 spiro atoms. The summed E-state index contributed by atoms with van der Waals surface area (Å²) in [6, 6.07) is 7.02. The van der Waals surface area contributed by atoms with Crippen LogP contribution in [-0.2, 0) is 19.8 Å². The van der Waals surface area contributed by atoms with Gasteiger partial charge in [-0.1, -0.05) is 56.1 Å². The SMILES string of the molecule is CN(C)[C@@H]1C(=O)C(C(N)=O)=C(O)[C@@]2(O)C(=O)C3=C(O)c4c(ccc(C(C)(C)C)c4O)C(CSc4ccc(Cl)c(Cl)c4)C3[C@H](O)C12. The second-order valence-corrected chi connectivity index (χ2v) is 14.8. The number of aliphatic hydroxyl groups excluding tert-OH is 3. The Morgan fingerprint density at radius 3 is 2.27 bits per heavy atom. The number of ketones is 2. The molecule has 3 aliphatic carbocycles. The third kappa shape index (κ3) is 4.95. The van der Waals surface area contributed by atoms with Gasteiger partial charge in [0.05, 0.1) is 33.7 Å². The van der Waals surface area contributed by atoms with Gasteiger partial charge in [0.1, 0.15) is 22.8 Å². The highest BCUT2D eigenvalue weighted by Gasteiger charge is 2.68. The van der Waals surface area contributed by atoms with Crippen molar-refractivity contribution in [3.05, 3.63) is 74.0 Å². The van der Waals surface area contributed by atoms with Gasteiger partial charge in [-0.3, -0.25) is 19.3 Å². The Morgan fingerprint density at radius 1 is 1.07 bits per heavy atom. The summed E-state index contributed by atoms with van der Waals surface area (Å²) >= 11 is 13.7. The Labute approximate surface area is 274 Å². The summed E-state index contributed by atoms with van der Waals surface area (Å²) in [5.41, 5.74) is 1.27. The van der Waals surface area contributed by atoms with Crippen LogP contribution in [-0.4, -0.2) is 85.5 Å². The van der Waals surface area contributed by atoms with Gasteiger partial charge >= 0.3 is 0 Å². The van der Waals surface area contributed by atoms with Crippen LogP contribution in [0.15, 0.2) is 52.1 Å². The number of amides is 1. The van der Waals surface area contributed by atoms with Crippen molar-refractivity contribution < 1.29 is 39.9 Å². The molecular formula is C32H34Cl2N2O8S. The van der Waals surface area contributed by atoms with Gasteiger partial charge in [-0.25, -0.2) is 0 Å². The quantitative estimate of drug-likeness (QED) is 0.201. The third-order valence-corrected chi connectivity index (χ3v) is 10.9. The number of Topliss-reactive ketones (excluding diaryl/α,β-unsaturated/α-hetero) is 2. The van der Waals surface area contributed by atoms with E-state index in [-0.39, 0.29) is 17.1 Å². The Morgan fingerprint density at radius 2 is 1.71 bits per heavy atom. The van der Waals surface area contributed by atoms with Crippen LogP contribution in [0.5, 0.6) is 5.75 Å². The number of fused-ring (bicyclic) bond motifs is 3. The summed E-state index contributed by atoms with van der Waals surface area (Å²) in [5.74, 6) is -9.24. The highest BCUT2D eigenvalue weighted by Crippen LogP contribution is 2.57. The van der Waals surface area contributed by atoms with Crippen molar-refractivity contribution >= 4 is 58.2 Å². The van der Waals surface area contributed by atoms with Crippen molar-refractivity contribution in [3.8, 4) is 5.75 Å². The van der Waals surface area contributed by atoms with Crippen molar-refractivity contribution in [2.45, 2.75) is 54.7 Å². The predicted octanol–water partition coefficient (Wildman–Crippen LogP) is 3.87. The monoisotopic (exact) mass is 676 g/mol. The van der Waals surface area contributed by atoms with E-state index in [1.807, 2.05) is 20.8 Å². The molecule has 2 aromatic rings. The first-order valence-electron chi connectivity index (χ1n) is 14.1. The van der Waals surface area contributed by atoms with Crippen molar-refractivity contribution in [1.82, 2.24) is 4.90 Å². The molecule has 3 unspecified atom stereocenters. The third-order valence-electron chi connectivity index (χ3n) is 9.06. The van der Waals surface area contributed by atoms with Gasteiger partial charge in [-0.2, -0.15) is 0 Å². The lowest BCUT2D eigenvalue weighted by molar-refractivity contribution is -0.169. The molecule has 6 atom stereocenters. The highest BCUT2D eigenvalue weighted by molar-refractivity contribution is 7.99. The number of aliphatic hydroxyl groups is 4. The maximum absolute atomic E-state index is 14.5. The van der Waals surface area contributed by atoms with Gasteiger partial charge in [0.2, 0.25) is 5.78 Å². The number of carbonyl (C=O) groups is 3. The van der Waals surface area contributed by atoms with Crippen LogP contribution < -0.4 is 5.73 Å². The number of aromatic hydroxyl groups is 1. The molecule has 1 saturated carbocycles. The summed E-state index contributed by atoms with van der Waals surface area (Å²) < 4.78 is 0. The van der Waals surface area contributed by atoms with Crippen molar-refractivity contribution in [2.24, 2.45) is 17.6 Å². The first-order chi connectivity index (χ1) is 20.8. The number of hydrogen-bond donors (Lipinski definition) is 6. The smallest absolute Gasteiger partial charge is 0.255 e. The number of carbonyl (C=O) groups excluding carboxylic acids is 3. The van der Waals surface area contributed by atoms with Gasteiger partial charge in [-0.05, 0) is 43.3 Å². The number of phenolic OH excluding ortho intramolecular Hbond substituents is 1. The minimum atomic E-state index is -3.00. The molecule has 0 radical (unpaired) electrons. The molecule has 0 aromatic heterocycles. The number of rotatable bonds is 5. The first kappa shape index (κ1) is 33.3. The van der Waals surface area contributed by atoms with E-state index in [1.54, 1.807) is 30.3 Å². The van der Waals surface area contributed by atoms with E-state index in [4.69, 9.17) is 28.9 Å². The second kappa shape index (κ2) is 11.3. The standard InChI is InChI=1S/C32H34Cl2N2O8S/c1-31(2,3)15-8-7-13-14(11-45-12-6-9-16(33)17(34)10-12)18-20(25(38)19(13)24(15)37)28(41)32(44)22(26(18)39)23(36(4)5)27(40)21(29(32)42)30(35)43/h6-10,14,18,22-23,26,37-39,42,44H,11H2,1-5H3,(H2,35,43)/t14?,18?,22?,23-,26-,32-/m0/s1. The minimum Gasteiger partial charge on any atom is -0.508 e.